The van der Waals surface area contributed by atoms with Gasteiger partial charge in [0.15, 0.2) is 5.89 Å². The van der Waals surface area contributed by atoms with Gasteiger partial charge in [-0.25, -0.2) is 9.78 Å². The summed E-state index contributed by atoms with van der Waals surface area (Å²) in [7, 11) is 0. The van der Waals surface area contributed by atoms with Gasteiger partial charge < -0.3 is 9.15 Å². The number of aryl methyl sites for hydroxylation is 2. The molecule has 0 aliphatic heterocycles. The first-order chi connectivity index (χ1) is 9.45. The van der Waals surface area contributed by atoms with Crippen molar-refractivity contribution < 1.29 is 22.7 Å². The van der Waals surface area contributed by atoms with Crippen LogP contribution in [0.3, 0.4) is 0 Å². The number of carbonyl (C=O) groups is 1. The molecule has 1 aromatic rings. The van der Waals surface area contributed by atoms with Gasteiger partial charge in [-0.1, -0.05) is 27.7 Å². The van der Waals surface area contributed by atoms with E-state index in [2.05, 4.69) is 9.72 Å². The van der Waals surface area contributed by atoms with Crippen LogP contribution in [0.4, 0.5) is 8.78 Å². The summed E-state index contributed by atoms with van der Waals surface area (Å²) in [6.45, 7) is 11.0. The molecule has 1 aromatic heterocycles. The van der Waals surface area contributed by atoms with Crippen molar-refractivity contribution in [3.8, 4) is 0 Å². The van der Waals surface area contributed by atoms with Gasteiger partial charge in [0.1, 0.15) is 6.26 Å². The second kappa shape index (κ2) is 11.4. The van der Waals surface area contributed by atoms with Gasteiger partial charge in [0, 0.05) is 13.3 Å². The number of esters is 1. The smallest absolute Gasteiger partial charge is 0.376 e. The highest BCUT2D eigenvalue weighted by atomic mass is 19.3. The van der Waals surface area contributed by atoms with Crippen molar-refractivity contribution in [1.82, 2.24) is 4.98 Å². The number of rotatable bonds is 5. The molecule has 0 amide bonds. The average molecular weight is 293 g/mol. The van der Waals surface area contributed by atoms with E-state index in [1.165, 1.54) is 13.2 Å². The van der Waals surface area contributed by atoms with E-state index in [0.717, 1.165) is 0 Å². The van der Waals surface area contributed by atoms with Crippen molar-refractivity contribution in [2.24, 2.45) is 0 Å². The fourth-order valence-electron chi connectivity index (χ4n) is 1.15. The lowest BCUT2D eigenvalue weighted by Gasteiger charge is -2.13. The maximum atomic E-state index is 13.2. The molecule has 0 N–H and O–H groups in total. The van der Waals surface area contributed by atoms with Crippen LogP contribution in [0, 0.1) is 6.92 Å². The minimum Gasteiger partial charge on any atom is -0.462 e. The van der Waals surface area contributed by atoms with E-state index in [1.54, 1.807) is 6.92 Å². The summed E-state index contributed by atoms with van der Waals surface area (Å²) < 4.78 is 35.5. The number of alkyl halides is 2. The second-order valence-electron chi connectivity index (χ2n) is 3.28. The normalized spacial score (nSPS) is 9.80. The topological polar surface area (TPSA) is 52.3 Å². The Balaban J connectivity index is 0. The molecule has 0 spiro atoms. The first-order valence-corrected chi connectivity index (χ1v) is 6.91. The lowest BCUT2D eigenvalue weighted by molar-refractivity contribution is -0.172. The molecule has 1 heterocycles. The highest BCUT2D eigenvalue weighted by Crippen LogP contribution is 2.22. The lowest BCUT2D eigenvalue weighted by atomic mass is 10.1. The van der Waals surface area contributed by atoms with E-state index >= 15 is 0 Å². The van der Waals surface area contributed by atoms with Crippen LogP contribution in [0.5, 0.6) is 0 Å². The molecule has 0 aromatic carbocycles. The monoisotopic (exact) mass is 293 g/mol. The molecule has 0 saturated carbocycles. The Kier molecular flexibility index (Phi) is 11.9. The van der Waals surface area contributed by atoms with Gasteiger partial charge in [-0.05, 0) is 13.3 Å². The number of carbonyl (C=O) groups excluding carboxylic acids is 1. The van der Waals surface area contributed by atoms with Crippen molar-refractivity contribution in [3.05, 3.63) is 17.8 Å². The third-order valence-electron chi connectivity index (χ3n) is 1.94. The molecular formula is C14H25F2NO3. The predicted molar refractivity (Wildman–Crippen MR) is 73.8 cm³/mol. The highest BCUT2D eigenvalue weighted by molar-refractivity contribution is 5.77. The Bertz CT molecular complexity index is 365. The van der Waals surface area contributed by atoms with Crippen molar-refractivity contribution in [2.75, 3.05) is 6.61 Å². The van der Waals surface area contributed by atoms with E-state index < -0.39 is 18.3 Å². The van der Waals surface area contributed by atoms with Crippen LogP contribution in [-0.4, -0.2) is 23.5 Å². The molecule has 0 radical (unpaired) electrons. The van der Waals surface area contributed by atoms with Crippen LogP contribution < -0.4 is 0 Å². The molecule has 0 bridgehead atoms. The summed E-state index contributed by atoms with van der Waals surface area (Å²) in [5.74, 6) is -4.55. The van der Waals surface area contributed by atoms with E-state index in [-0.39, 0.29) is 13.0 Å². The fourth-order valence-corrected chi connectivity index (χ4v) is 1.15. The van der Waals surface area contributed by atoms with Gasteiger partial charge in [0.05, 0.1) is 12.3 Å². The Morgan fingerprint density at radius 2 is 1.90 bits per heavy atom. The molecule has 0 aliphatic rings. The van der Waals surface area contributed by atoms with Crippen LogP contribution in [0.2, 0.25) is 0 Å². The molecule has 0 unspecified atom stereocenters. The number of ether oxygens (including phenoxy) is 1. The minimum absolute atomic E-state index is 0.0246. The van der Waals surface area contributed by atoms with Gasteiger partial charge >= 0.3 is 11.9 Å². The van der Waals surface area contributed by atoms with Crippen LogP contribution in [0.1, 0.15) is 52.6 Å². The van der Waals surface area contributed by atoms with Crippen molar-refractivity contribution in [3.63, 3.8) is 0 Å². The molecule has 1 rings (SSSR count). The number of aromatic nitrogens is 1. The first-order valence-electron chi connectivity index (χ1n) is 6.91. The third-order valence-corrected chi connectivity index (χ3v) is 1.94. The molecule has 0 atom stereocenters. The van der Waals surface area contributed by atoms with Crippen molar-refractivity contribution in [2.45, 2.75) is 60.3 Å². The summed E-state index contributed by atoms with van der Waals surface area (Å²) >= 11 is 0. The van der Waals surface area contributed by atoms with Crippen LogP contribution in [0.15, 0.2) is 10.7 Å². The van der Waals surface area contributed by atoms with Crippen molar-refractivity contribution >= 4 is 5.97 Å². The highest BCUT2D eigenvalue weighted by Gasteiger charge is 2.40. The average Bonchev–Trinajstić information content (AvgIpc) is 2.87. The van der Waals surface area contributed by atoms with Gasteiger partial charge in [-0.3, -0.25) is 0 Å². The van der Waals surface area contributed by atoms with E-state index in [0.29, 0.717) is 11.6 Å². The first kappa shape index (κ1) is 20.8. The molecule has 4 nitrogen and oxygen atoms in total. The second-order valence-corrected chi connectivity index (χ2v) is 3.28. The molecule has 6 heteroatoms. The Labute approximate surface area is 119 Å². The van der Waals surface area contributed by atoms with Crippen LogP contribution in [-0.2, 0) is 16.0 Å². The molecule has 0 aliphatic carbocycles. The molecule has 20 heavy (non-hydrogen) atoms. The summed E-state index contributed by atoms with van der Waals surface area (Å²) in [5, 5.41) is 0. The van der Waals surface area contributed by atoms with Crippen LogP contribution in [0.25, 0.3) is 0 Å². The maximum Gasteiger partial charge on any atom is 0.376 e. The molecule has 118 valence electrons. The zero-order chi connectivity index (χ0) is 16.2. The summed E-state index contributed by atoms with van der Waals surface area (Å²) in [5.41, 5.74) is 0.404. The number of hydrogen-bond donors (Lipinski definition) is 0. The van der Waals surface area contributed by atoms with E-state index in [1.807, 2.05) is 27.7 Å². The zero-order valence-corrected chi connectivity index (χ0v) is 13.1. The maximum absolute atomic E-state index is 13.2. The predicted octanol–water partition coefficient (Wildman–Crippen LogP) is 4.17. The molecular weight excluding hydrogens is 268 g/mol. The largest absolute Gasteiger partial charge is 0.462 e. The summed E-state index contributed by atoms with van der Waals surface area (Å²) in [6.07, 6.45) is 0.650. The summed E-state index contributed by atoms with van der Waals surface area (Å²) in [4.78, 5) is 14.7. The van der Waals surface area contributed by atoms with Gasteiger partial charge in [0.2, 0.25) is 0 Å². The summed E-state index contributed by atoms with van der Waals surface area (Å²) in [6, 6.07) is 0. The zero-order valence-electron chi connectivity index (χ0n) is 13.1. The quantitative estimate of drug-likeness (QED) is 0.765. The standard InChI is InChI=1S/C10H13F2NO3.2C2H6/c1-3-15-9(14)10(11,12)5-4-8-6-16-7(2)13-8;2*1-2/h6H,3-5H2,1-2H3;2*1-2H3. The minimum atomic E-state index is -3.47. The number of hydrogen-bond acceptors (Lipinski definition) is 4. The van der Waals surface area contributed by atoms with Gasteiger partial charge in [-0.15, -0.1) is 0 Å². The van der Waals surface area contributed by atoms with Gasteiger partial charge in [0.25, 0.3) is 0 Å². The van der Waals surface area contributed by atoms with Crippen LogP contribution >= 0.6 is 0 Å². The Hall–Kier alpha value is -1.46. The molecule has 0 saturated heterocycles. The fraction of sp³-hybridized carbons (Fsp3) is 0.714. The van der Waals surface area contributed by atoms with E-state index in [4.69, 9.17) is 4.42 Å². The number of halogens is 2. The van der Waals surface area contributed by atoms with E-state index in [9.17, 15) is 13.6 Å². The number of nitrogens with zero attached hydrogens (tertiary/aromatic N) is 1. The van der Waals surface area contributed by atoms with Gasteiger partial charge in [-0.2, -0.15) is 8.78 Å². The number of oxazole rings is 1. The van der Waals surface area contributed by atoms with Crippen molar-refractivity contribution in [1.29, 1.82) is 0 Å². The third kappa shape index (κ3) is 7.86. The SMILES string of the molecule is CC.CC.CCOC(=O)C(F)(F)CCc1coc(C)n1. The molecule has 0 fully saturated rings. The Morgan fingerprint density at radius 3 is 2.30 bits per heavy atom. The lowest BCUT2D eigenvalue weighted by Crippen LogP contribution is -2.31. The Morgan fingerprint density at radius 1 is 1.35 bits per heavy atom.